The van der Waals surface area contributed by atoms with Crippen molar-refractivity contribution in [2.24, 2.45) is 0 Å². The molecule has 1 rings (SSSR count). The van der Waals surface area contributed by atoms with Crippen LogP contribution in [0.3, 0.4) is 0 Å². The highest BCUT2D eigenvalue weighted by atomic mass is 32.2. The molecule has 0 bridgehead atoms. The predicted molar refractivity (Wildman–Crippen MR) is 34.2 cm³/mol. The van der Waals surface area contributed by atoms with Gasteiger partial charge in [0.2, 0.25) is 0 Å². The molecule has 0 radical (unpaired) electrons. The van der Waals surface area contributed by atoms with Crippen molar-refractivity contribution in [1.29, 1.82) is 0 Å². The molecule has 0 aliphatic rings. The first-order valence-electron chi connectivity index (χ1n) is 2.74. The molecule has 0 saturated heterocycles. The molecular weight excluding hydrogens is 172 g/mol. The number of aryl methyl sites for hydroxylation is 1. The molecule has 8 heteroatoms. The van der Waals surface area contributed by atoms with Gasteiger partial charge in [-0.25, -0.2) is 4.68 Å². The van der Waals surface area contributed by atoms with Crippen molar-refractivity contribution in [3.8, 4) is 0 Å². The van der Waals surface area contributed by atoms with E-state index in [1.54, 1.807) is 0 Å². The zero-order valence-corrected chi connectivity index (χ0v) is 6.27. The van der Waals surface area contributed by atoms with E-state index >= 15 is 0 Å². The lowest BCUT2D eigenvalue weighted by molar-refractivity contribution is 0.474. The van der Waals surface area contributed by atoms with Crippen LogP contribution in [-0.4, -0.2) is 38.9 Å². The van der Waals surface area contributed by atoms with Crippen LogP contribution in [0.4, 0.5) is 0 Å². The Bertz CT molecular complexity index is 303. The standard InChI is InChI=1S/C3H6N4O3S/c8-11(9,10)2-1-7-3-4-5-6-7/h3H,1-2H2,(H,8,9,10). The van der Waals surface area contributed by atoms with Crippen molar-refractivity contribution in [3.63, 3.8) is 0 Å². The van der Waals surface area contributed by atoms with Crippen molar-refractivity contribution in [1.82, 2.24) is 20.2 Å². The van der Waals surface area contributed by atoms with Gasteiger partial charge in [0.25, 0.3) is 10.1 Å². The van der Waals surface area contributed by atoms with E-state index in [1.165, 1.54) is 11.0 Å². The fourth-order valence-electron chi connectivity index (χ4n) is 0.492. The zero-order valence-electron chi connectivity index (χ0n) is 5.45. The van der Waals surface area contributed by atoms with E-state index < -0.39 is 10.1 Å². The van der Waals surface area contributed by atoms with Crippen LogP contribution in [0.5, 0.6) is 0 Å². The highest BCUT2D eigenvalue weighted by Crippen LogP contribution is 1.84. The average molecular weight is 178 g/mol. The maximum Gasteiger partial charge on any atom is 0.266 e. The first kappa shape index (κ1) is 8.08. The molecule has 0 saturated carbocycles. The minimum atomic E-state index is -3.92. The molecule has 1 heterocycles. The lowest BCUT2D eigenvalue weighted by Gasteiger charge is -1.94. The molecule has 0 aliphatic carbocycles. The van der Waals surface area contributed by atoms with Gasteiger partial charge in [-0.2, -0.15) is 8.42 Å². The molecule has 0 atom stereocenters. The van der Waals surface area contributed by atoms with Crippen LogP contribution in [0.2, 0.25) is 0 Å². The fraction of sp³-hybridized carbons (Fsp3) is 0.667. The molecule has 0 fully saturated rings. The van der Waals surface area contributed by atoms with Crippen molar-refractivity contribution in [2.45, 2.75) is 6.54 Å². The average Bonchev–Trinajstić information content (AvgIpc) is 2.32. The van der Waals surface area contributed by atoms with Gasteiger partial charge in [-0.1, -0.05) is 0 Å². The van der Waals surface area contributed by atoms with Crippen LogP contribution < -0.4 is 0 Å². The Morgan fingerprint density at radius 3 is 2.73 bits per heavy atom. The third-order valence-corrected chi connectivity index (χ3v) is 1.67. The van der Waals surface area contributed by atoms with Crippen LogP contribution in [0.1, 0.15) is 0 Å². The lowest BCUT2D eigenvalue weighted by Crippen LogP contribution is -2.12. The highest BCUT2D eigenvalue weighted by Gasteiger charge is 2.04. The van der Waals surface area contributed by atoms with Gasteiger partial charge in [-0.15, -0.1) is 5.10 Å². The SMILES string of the molecule is O=S(=O)(O)CCn1cnnn1. The predicted octanol–water partition coefficient (Wildman–Crippen LogP) is -1.44. The molecule has 11 heavy (non-hydrogen) atoms. The van der Waals surface area contributed by atoms with Gasteiger partial charge in [-0.05, 0) is 10.4 Å². The zero-order chi connectivity index (χ0) is 8.32. The molecule has 0 unspecified atom stereocenters. The maximum atomic E-state index is 10.2. The summed E-state index contributed by atoms with van der Waals surface area (Å²) in [4.78, 5) is 0. The number of hydrogen-bond donors (Lipinski definition) is 1. The van der Waals surface area contributed by atoms with Crippen molar-refractivity contribution >= 4 is 10.1 Å². The van der Waals surface area contributed by atoms with E-state index in [9.17, 15) is 8.42 Å². The number of nitrogens with zero attached hydrogens (tertiary/aromatic N) is 4. The second-order valence-electron chi connectivity index (χ2n) is 1.86. The van der Waals surface area contributed by atoms with Gasteiger partial charge in [0, 0.05) is 0 Å². The summed E-state index contributed by atoms with van der Waals surface area (Å²) in [6, 6.07) is 0. The highest BCUT2D eigenvalue weighted by molar-refractivity contribution is 7.85. The van der Waals surface area contributed by atoms with Gasteiger partial charge < -0.3 is 0 Å². The van der Waals surface area contributed by atoms with E-state index in [4.69, 9.17) is 4.55 Å². The summed E-state index contributed by atoms with van der Waals surface area (Å²) >= 11 is 0. The Balaban J connectivity index is 2.48. The molecule has 1 aromatic heterocycles. The molecule has 7 nitrogen and oxygen atoms in total. The summed E-state index contributed by atoms with van der Waals surface area (Å²) in [5.74, 6) is -0.377. The van der Waals surface area contributed by atoms with Gasteiger partial charge in [0.15, 0.2) is 0 Å². The Kier molecular flexibility index (Phi) is 2.15. The molecule has 1 aromatic rings. The topological polar surface area (TPSA) is 98.0 Å². The number of tetrazole rings is 1. The molecule has 0 aliphatic heterocycles. The van der Waals surface area contributed by atoms with Crippen molar-refractivity contribution in [2.75, 3.05) is 5.75 Å². The summed E-state index contributed by atoms with van der Waals surface area (Å²) in [5, 5.41) is 9.96. The summed E-state index contributed by atoms with van der Waals surface area (Å²) in [6.07, 6.45) is 1.27. The van der Waals surface area contributed by atoms with Crippen molar-refractivity contribution in [3.05, 3.63) is 6.33 Å². The van der Waals surface area contributed by atoms with Gasteiger partial charge >= 0.3 is 0 Å². The Labute approximate surface area is 62.8 Å². The summed E-state index contributed by atoms with van der Waals surface area (Å²) in [6.45, 7) is 0.0613. The molecule has 0 spiro atoms. The van der Waals surface area contributed by atoms with E-state index in [2.05, 4.69) is 15.5 Å². The molecule has 1 N–H and O–H groups in total. The van der Waals surface area contributed by atoms with E-state index in [0.29, 0.717) is 0 Å². The van der Waals surface area contributed by atoms with E-state index in [0.717, 1.165) is 0 Å². The number of hydrogen-bond acceptors (Lipinski definition) is 5. The second kappa shape index (κ2) is 2.93. The van der Waals surface area contributed by atoms with Crippen LogP contribution in [0.15, 0.2) is 6.33 Å². The monoisotopic (exact) mass is 178 g/mol. The largest absolute Gasteiger partial charge is 0.285 e. The second-order valence-corrected chi connectivity index (χ2v) is 3.43. The third kappa shape index (κ3) is 3.05. The van der Waals surface area contributed by atoms with Crippen LogP contribution in [0.25, 0.3) is 0 Å². The number of rotatable bonds is 3. The lowest BCUT2D eigenvalue weighted by atomic mass is 10.8. The number of aromatic nitrogens is 4. The molecule has 0 amide bonds. The van der Waals surface area contributed by atoms with Gasteiger partial charge in [-0.3, -0.25) is 4.55 Å². The first-order valence-corrected chi connectivity index (χ1v) is 4.35. The van der Waals surface area contributed by atoms with Crippen molar-refractivity contribution < 1.29 is 13.0 Å². The van der Waals surface area contributed by atoms with E-state index in [-0.39, 0.29) is 12.3 Å². The quantitative estimate of drug-likeness (QED) is 0.569. The van der Waals surface area contributed by atoms with Crippen LogP contribution in [-0.2, 0) is 16.7 Å². The smallest absolute Gasteiger partial charge is 0.266 e. The Hall–Kier alpha value is -1.02. The molecule has 62 valence electrons. The minimum absolute atomic E-state index is 0.0613. The van der Waals surface area contributed by atoms with Gasteiger partial charge in [0.1, 0.15) is 6.33 Å². The Morgan fingerprint density at radius 2 is 2.27 bits per heavy atom. The van der Waals surface area contributed by atoms with Gasteiger partial charge in [0.05, 0.1) is 12.3 Å². The van der Waals surface area contributed by atoms with E-state index in [1.807, 2.05) is 0 Å². The molecular formula is C3H6N4O3S. The normalized spacial score (nSPS) is 11.7. The first-order chi connectivity index (χ1) is 5.08. The Morgan fingerprint density at radius 1 is 1.55 bits per heavy atom. The minimum Gasteiger partial charge on any atom is -0.285 e. The third-order valence-electron chi connectivity index (χ3n) is 0.970. The van der Waals surface area contributed by atoms with Crippen LogP contribution >= 0.6 is 0 Å². The molecule has 0 aromatic carbocycles. The van der Waals surface area contributed by atoms with Crippen LogP contribution in [0, 0.1) is 0 Å². The summed E-state index contributed by atoms with van der Waals surface area (Å²) in [5.41, 5.74) is 0. The summed E-state index contributed by atoms with van der Waals surface area (Å²) in [7, 11) is -3.92. The summed E-state index contributed by atoms with van der Waals surface area (Å²) < 4.78 is 29.9. The maximum absolute atomic E-state index is 10.2. The fourth-order valence-corrected chi connectivity index (χ4v) is 0.909.